The third kappa shape index (κ3) is 3.86. The first-order valence-corrected chi connectivity index (χ1v) is 6.48. The van der Waals surface area contributed by atoms with Crippen LogP contribution in [0.2, 0.25) is 0 Å². The molecule has 1 aromatic rings. The highest BCUT2D eigenvalue weighted by molar-refractivity contribution is 5.85. The van der Waals surface area contributed by atoms with Crippen LogP contribution in [-0.2, 0) is 4.79 Å². The molecule has 0 fully saturated rings. The maximum absolute atomic E-state index is 11.8. The first-order valence-electron chi connectivity index (χ1n) is 6.48. The molecule has 1 rings (SSSR count). The number of aryl methyl sites for hydroxylation is 1. The summed E-state index contributed by atoms with van der Waals surface area (Å²) in [6, 6.07) is 6.20. The van der Waals surface area contributed by atoms with Gasteiger partial charge in [0, 0.05) is 5.41 Å². The fraction of sp³-hybridized carbons (Fsp3) is 0.562. The normalized spacial score (nSPS) is 11.7. The number of rotatable bonds is 4. The van der Waals surface area contributed by atoms with Crippen LogP contribution >= 0.6 is 0 Å². The second-order valence-corrected chi connectivity index (χ2v) is 6.14. The van der Waals surface area contributed by atoms with Gasteiger partial charge in [-0.3, -0.25) is 4.79 Å². The van der Waals surface area contributed by atoms with E-state index in [4.69, 9.17) is 4.74 Å². The zero-order chi connectivity index (χ0) is 13.9. The molecule has 0 saturated heterocycles. The number of hydrogen-bond acceptors (Lipinski definition) is 2. The Kier molecular flexibility index (Phi) is 4.55. The second kappa shape index (κ2) is 5.55. The Morgan fingerprint density at radius 2 is 1.89 bits per heavy atom. The number of hydrogen-bond donors (Lipinski definition) is 0. The highest BCUT2D eigenvalue weighted by atomic mass is 16.5. The molecule has 0 amide bonds. The zero-order valence-corrected chi connectivity index (χ0v) is 12.3. The zero-order valence-electron chi connectivity index (χ0n) is 12.3. The van der Waals surface area contributed by atoms with Gasteiger partial charge in [0.15, 0.2) is 5.78 Å². The van der Waals surface area contributed by atoms with E-state index < -0.39 is 0 Å². The fourth-order valence-corrected chi connectivity index (χ4v) is 1.49. The van der Waals surface area contributed by atoms with Crippen molar-refractivity contribution in [3.63, 3.8) is 0 Å². The number of Topliss-reactive ketones (excluding diaryl/α,β-unsaturated/α-hetero) is 1. The van der Waals surface area contributed by atoms with Crippen LogP contribution in [0.25, 0.3) is 0 Å². The monoisotopic (exact) mass is 248 g/mol. The maximum atomic E-state index is 11.8. The van der Waals surface area contributed by atoms with Crippen LogP contribution in [0.4, 0.5) is 0 Å². The van der Waals surface area contributed by atoms with Crippen LogP contribution in [0, 0.1) is 12.3 Å². The van der Waals surface area contributed by atoms with Crippen LogP contribution < -0.4 is 4.74 Å². The van der Waals surface area contributed by atoms with Crippen LogP contribution in [-0.4, -0.2) is 12.4 Å². The van der Waals surface area contributed by atoms with Gasteiger partial charge in [-0.25, -0.2) is 0 Å². The van der Waals surface area contributed by atoms with Gasteiger partial charge in [-0.1, -0.05) is 46.8 Å². The summed E-state index contributed by atoms with van der Waals surface area (Å²) in [5.41, 5.74) is 1.96. The van der Waals surface area contributed by atoms with Crippen LogP contribution in [0.15, 0.2) is 18.2 Å². The highest BCUT2D eigenvalue weighted by Gasteiger charge is 2.21. The molecule has 2 heteroatoms. The van der Waals surface area contributed by atoms with E-state index in [0.29, 0.717) is 5.92 Å². The van der Waals surface area contributed by atoms with Gasteiger partial charge in [0.05, 0.1) is 0 Å². The lowest BCUT2D eigenvalue weighted by molar-refractivity contribution is -0.128. The summed E-state index contributed by atoms with van der Waals surface area (Å²) in [4.78, 5) is 11.8. The molecular formula is C16H24O2. The van der Waals surface area contributed by atoms with Crippen molar-refractivity contribution in [2.75, 3.05) is 6.61 Å². The summed E-state index contributed by atoms with van der Waals surface area (Å²) in [6.45, 7) is 12.2. The van der Waals surface area contributed by atoms with Crippen molar-refractivity contribution in [1.29, 1.82) is 0 Å². The minimum Gasteiger partial charge on any atom is -0.486 e. The lowest BCUT2D eigenvalue weighted by atomic mass is 9.91. The molecule has 1 aromatic carbocycles. The molecule has 0 radical (unpaired) electrons. The smallest absolute Gasteiger partial charge is 0.175 e. The molecule has 0 aromatic heterocycles. The Morgan fingerprint density at radius 1 is 1.28 bits per heavy atom. The minimum absolute atomic E-state index is 0.122. The Hall–Kier alpha value is -1.31. The molecule has 0 aliphatic rings. The van der Waals surface area contributed by atoms with Crippen LogP contribution in [0.5, 0.6) is 5.75 Å². The maximum Gasteiger partial charge on any atom is 0.175 e. The number of ether oxygens (including phenoxy) is 1. The van der Waals surface area contributed by atoms with Gasteiger partial charge in [0.25, 0.3) is 0 Å². The fourth-order valence-electron chi connectivity index (χ4n) is 1.49. The van der Waals surface area contributed by atoms with E-state index in [1.54, 1.807) is 0 Å². The summed E-state index contributed by atoms with van der Waals surface area (Å²) >= 11 is 0. The molecule has 0 atom stereocenters. The molecule has 2 nitrogen and oxygen atoms in total. The van der Waals surface area contributed by atoms with Gasteiger partial charge >= 0.3 is 0 Å². The van der Waals surface area contributed by atoms with Crippen molar-refractivity contribution >= 4 is 5.78 Å². The van der Waals surface area contributed by atoms with Crippen LogP contribution in [0.3, 0.4) is 0 Å². The predicted molar refractivity (Wildman–Crippen MR) is 75.2 cm³/mol. The number of ketones is 1. The third-order valence-corrected chi connectivity index (χ3v) is 3.07. The molecule has 0 aliphatic heterocycles. The van der Waals surface area contributed by atoms with E-state index in [2.05, 4.69) is 19.9 Å². The van der Waals surface area contributed by atoms with Gasteiger partial charge in [0.2, 0.25) is 0 Å². The summed E-state index contributed by atoms with van der Waals surface area (Å²) in [6.07, 6.45) is 0. The van der Waals surface area contributed by atoms with E-state index in [-0.39, 0.29) is 17.8 Å². The largest absolute Gasteiger partial charge is 0.486 e. The Balaban J connectivity index is 2.79. The average Bonchev–Trinajstić information content (AvgIpc) is 2.25. The van der Waals surface area contributed by atoms with Gasteiger partial charge < -0.3 is 4.74 Å². The molecule has 0 spiro atoms. The average molecular weight is 248 g/mol. The molecule has 0 N–H and O–H groups in total. The SMILES string of the molecule is Cc1ccc(C(C)C)cc1OCC(=O)C(C)(C)C. The van der Waals surface area contributed by atoms with Gasteiger partial charge in [-0.05, 0) is 30.0 Å². The topological polar surface area (TPSA) is 26.3 Å². The molecule has 0 bridgehead atoms. The number of carbonyl (C=O) groups excluding carboxylic acids is 1. The second-order valence-electron chi connectivity index (χ2n) is 6.14. The lowest BCUT2D eigenvalue weighted by Crippen LogP contribution is -2.26. The van der Waals surface area contributed by atoms with Crippen molar-refractivity contribution < 1.29 is 9.53 Å². The minimum atomic E-state index is -0.344. The van der Waals surface area contributed by atoms with Crippen molar-refractivity contribution in [3.8, 4) is 5.75 Å². The number of carbonyl (C=O) groups is 1. The van der Waals surface area contributed by atoms with Crippen molar-refractivity contribution in [1.82, 2.24) is 0 Å². The molecule has 0 saturated carbocycles. The van der Waals surface area contributed by atoms with Crippen molar-refractivity contribution in [2.24, 2.45) is 5.41 Å². The quantitative estimate of drug-likeness (QED) is 0.801. The molecule has 100 valence electrons. The van der Waals surface area contributed by atoms with Crippen LogP contribution in [0.1, 0.15) is 51.7 Å². The van der Waals surface area contributed by atoms with Crippen molar-refractivity contribution in [3.05, 3.63) is 29.3 Å². The molecule has 0 unspecified atom stereocenters. The molecule has 0 heterocycles. The highest BCUT2D eigenvalue weighted by Crippen LogP contribution is 2.25. The molecule has 18 heavy (non-hydrogen) atoms. The lowest BCUT2D eigenvalue weighted by Gasteiger charge is -2.18. The third-order valence-electron chi connectivity index (χ3n) is 3.07. The first-order chi connectivity index (χ1) is 8.21. The van der Waals surface area contributed by atoms with Gasteiger partial charge in [-0.15, -0.1) is 0 Å². The predicted octanol–water partition coefficient (Wildman–Crippen LogP) is 4.11. The Labute approximate surface area is 110 Å². The molecular weight excluding hydrogens is 224 g/mol. The number of benzene rings is 1. The summed E-state index contributed by atoms with van der Waals surface area (Å²) in [5, 5.41) is 0. The Bertz CT molecular complexity index is 425. The standard InChI is InChI=1S/C16H24O2/c1-11(2)13-8-7-12(3)14(9-13)18-10-15(17)16(4,5)6/h7-9,11H,10H2,1-6H3. The summed E-state index contributed by atoms with van der Waals surface area (Å²) < 4.78 is 5.67. The summed E-state index contributed by atoms with van der Waals surface area (Å²) in [5.74, 6) is 1.40. The van der Waals surface area contributed by atoms with Gasteiger partial charge in [0.1, 0.15) is 12.4 Å². The first kappa shape index (κ1) is 14.7. The van der Waals surface area contributed by atoms with E-state index in [0.717, 1.165) is 11.3 Å². The van der Waals surface area contributed by atoms with E-state index in [9.17, 15) is 4.79 Å². The Morgan fingerprint density at radius 3 is 2.39 bits per heavy atom. The van der Waals surface area contributed by atoms with E-state index >= 15 is 0 Å². The van der Waals surface area contributed by atoms with E-state index in [1.807, 2.05) is 39.8 Å². The van der Waals surface area contributed by atoms with Gasteiger partial charge in [-0.2, -0.15) is 0 Å². The van der Waals surface area contributed by atoms with Crippen molar-refractivity contribution in [2.45, 2.75) is 47.5 Å². The summed E-state index contributed by atoms with van der Waals surface area (Å²) in [7, 11) is 0. The molecule has 0 aliphatic carbocycles. The van der Waals surface area contributed by atoms with E-state index in [1.165, 1.54) is 5.56 Å².